The third-order valence-electron chi connectivity index (χ3n) is 5.55. The third-order valence-corrected chi connectivity index (χ3v) is 5.91. The van der Waals surface area contributed by atoms with Crippen molar-refractivity contribution < 1.29 is 27.6 Å². The summed E-state index contributed by atoms with van der Waals surface area (Å²) in [6.07, 6.45) is -2.02. The first kappa shape index (κ1) is 25.5. The van der Waals surface area contributed by atoms with Crippen LogP contribution >= 0.6 is 11.6 Å². The number of Topliss-reactive ketones (excluding diaryl/α,β-unsaturated/α-hetero) is 1. The van der Waals surface area contributed by atoms with Crippen LogP contribution in [-0.2, 0) is 12.6 Å². The molecule has 1 aliphatic rings. The predicted octanol–water partition coefficient (Wildman–Crippen LogP) is 5.31. The summed E-state index contributed by atoms with van der Waals surface area (Å²) in [4.78, 5) is 25.3. The van der Waals surface area contributed by atoms with Crippen molar-refractivity contribution >= 4 is 28.8 Å². The summed E-state index contributed by atoms with van der Waals surface area (Å²) >= 11 is 6.30. The minimum atomic E-state index is -4.43. The Morgan fingerprint density at radius 3 is 2.83 bits per heavy atom. The van der Waals surface area contributed by atoms with Crippen molar-refractivity contribution in [2.45, 2.75) is 44.7 Å². The van der Waals surface area contributed by atoms with Crippen LogP contribution < -0.4 is 0 Å². The molecule has 2 aromatic heterocycles. The van der Waals surface area contributed by atoms with Crippen LogP contribution in [0.3, 0.4) is 0 Å². The number of hydrogen-bond donors (Lipinski definition) is 1. The fraction of sp³-hybridized carbons (Fsp3) is 0.320. The molecule has 1 aromatic carbocycles. The van der Waals surface area contributed by atoms with Gasteiger partial charge in [-0.25, -0.2) is 15.0 Å². The van der Waals surface area contributed by atoms with Gasteiger partial charge in [-0.1, -0.05) is 29.6 Å². The van der Waals surface area contributed by atoms with Crippen molar-refractivity contribution in [2.75, 3.05) is 6.61 Å². The maximum Gasteiger partial charge on any atom is 0.416 e. The quantitative estimate of drug-likeness (QED) is 0.259. The van der Waals surface area contributed by atoms with Gasteiger partial charge >= 0.3 is 6.18 Å². The topological polar surface area (TPSA) is 101 Å². The highest BCUT2D eigenvalue weighted by molar-refractivity contribution is 6.34. The number of unbranched alkanes of at least 4 members (excludes halogenated alkanes) is 1. The molecule has 186 valence electrons. The smallest absolute Gasteiger partial charge is 0.396 e. The highest BCUT2D eigenvalue weighted by Gasteiger charge is 2.32. The summed E-state index contributed by atoms with van der Waals surface area (Å²) < 4.78 is 44.4. The van der Waals surface area contributed by atoms with E-state index in [4.69, 9.17) is 21.2 Å². The molecular formula is C25H20ClF3N4O3. The van der Waals surface area contributed by atoms with Gasteiger partial charge in [0.15, 0.2) is 11.5 Å². The second-order valence-corrected chi connectivity index (χ2v) is 8.61. The van der Waals surface area contributed by atoms with E-state index in [0.29, 0.717) is 41.3 Å². The number of aromatic nitrogens is 3. The Balaban J connectivity index is 1.44. The number of benzene rings is 1. The summed E-state index contributed by atoms with van der Waals surface area (Å²) in [5, 5.41) is 12.9. The first-order valence-electron chi connectivity index (χ1n) is 11.1. The maximum atomic E-state index is 13.0. The van der Waals surface area contributed by atoms with E-state index in [1.165, 1.54) is 12.4 Å². The van der Waals surface area contributed by atoms with Crippen LogP contribution in [0.1, 0.15) is 70.9 Å². The molecule has 0 spiro atoms. The molecule has 1 N–H and O–H groups in total. The standard InChI is InChI=1S/C25H20ClF3N4O3/c1-14(9-21(35)24-23(26)18(30-13-31-24)5-3-2-4-8-34)19-12-22(36-33-19)20-11-15-10-16(25(27,28)29)6-7-17(15)32-20/h6-7,10,12-14,34H,2,4,8-9,11H2,1H3/t14-/m1/s1. The number of rotatable bonds is 7. The molecule has 0 fully saturated rings. The van der Waals surface area contributed by atoms with E-state index >= 15 is 0 Å². The van der Waals surface area contributed by atoms with Gasteiger partial charge in [0, 0.05) is 37.9 Å². The fourth-order valence-corrected chi connectivity index (χ4v) is 3.87. The van der Waals surface area contributed by atoms with Gasteiger partial charge in [0.05, 0.1) is 22.7 Å². The molecular weight excluding hydrogens is 497 g/mol. The normalized spacial score (nSPS) is 13.6. The zero-order chi connectivity index (χ0) is 25.9. The molecule has 0 saturated carbocycles. The molecule has 0 saturated heterocycles. The highest BCUT2D eigenvalue weighted by atomic mass is 35.5. The third kappa shape index (κ3) is 5.64. The van der Waals surface area contributed by atoms with E-state index in [9.17, 15) is 18.0 Å². The molecule has 3 heterocycles. The second kappa shape index (κ2) is 10.6. The van der Waals surface area contributed by atoms with E-state index in [1.54, 1.807) is 13.0 Å². The Morgan fingerprint density at radius 2 is 2.08 bits per heavy atom. The number of aliphatic hydroxyl groups is 1. The molecule has 0 unspecified atom stereocenters. The summed E-state index contributed by atoms with van der Waals surface area (Å²) in [5.41, 5.74) is 1.40. The predicted molar refractivity (Wildman–Crippen MR) is 125 cm³/mol. The van der Waals surface area contributed by atoms with Crippen LogP contribution in [-0.4, -0.2) is 38.3 Å². The first-order valence-corrected chi connectivity index (χ1v) is 11.4. The molecule has 3 aromatic rings. The van der Waals surface area contributed by atoms with E-state index < -0.39 is 11.7 Å². The Morgan fingerprint density at radius 1 is 1.28 bits per heavy atom. The lowest BCUT2D eigenvalue weighted by atomic mass is 9.98. The van der Waals surface area contributed by atoms with Crippen LogP contribution in [0.5, 0.6) is 0 Å². The minimum absolute atomic E-state index is 0.0246. The van der Waals surface area contributed by atoms with Gasteiger partial charge in [-0.3, -0.25) is 4.79 Å². The van der Waals surface area contributed by atoms with Crippen LogP contribution in [0.2, 0.25) is 5.02 Å². The zero-order valence-electron chi connectivity index (χ0n) is 19.1. The number of aliphatic imine (C=N–C) groups is 1. The van der Waals surface area contributed by atoms with Crippen molar-refractivity contribution in [3.63, 3.8) is 0 Å². The highest BCUT2D eigenvalue weighted by Crippen LogP contribution is 2.36. The molecule has 0 bridgehead atoms. The summed E-state index contributed by atoms with van der Waals surface area (Å²) in [5.74, 6) is 5.26. The molecule has 0 aliphatic carbocycles. The largest absolute Gasteiger partial charge is 0.416 e. The molecule has 0 amide bonds. The Kier molecular flexibility index (Phi) is 7.52. The van der Waals surface area contributed by atoms with Crippen molar-refractivity contribution in [2.24, 2.45) is 4.99 Å². The zero-order valence-corrected chi connectivity index (χ0v) is 19.8. The van der Waals surface area contributed by atoms with Crippen LogP contribution in [0.4, 0.5) is 18.9 Å². The lowest BCUT2D eigenvalue weighted by Gasteiger charge is -2.08. The van der Waals surface area contributed by atoms with Crippen molar-refractivity contribution in [1.29, 1.82) is 0 Å². The van der Waals surface area contributed by atoms with Crippen molar-refractivity contribution in [3.8, 4) is 11.8 Å². The van der Waals surface area contributed by atoms with Crippen LogP contribution in [0.15, 0.2) is 40.1 Å². The number of alkyl halides is 3. The molecule has 1 atom stereocenters. The SMILES string of the molecule is C[C@H](CC(=O)c1ncnc(C#CCCCO)c1Cl)c1cc(C2=Nc3ccc(C(F)(F)F)cc3C2)on1. The van der Waals surface area contributed by atoms with E-state index in [1.807, 2.05) is 0 Å². The first-order chi connectivity index (χ1) is 17.2. The average Bonchev–Trinajstić information content (AvgIpc) is 3.49. The van der Waals surface area contributed by atoms with Gasteiger partial charge in [-0.15, -0.1) is 0 Å². The summed E-state index contributed by atoms with van der Waals surface area (Å²) in [6, 6.07) is 5.05. The van der Waals surface area contributed by atoms with Gasteiger partial charge in [0.25, 0.3) is 0 Å². The second-order valence-electron chi connectivity index (χ2n) is 8.23. The van der Waals surface area contributed by atoms with Gasteiger partial charge in [0.1, 0.15) is 22.7 Å². The number of nitrogens with zero attached hydrogens (tertiary/aromatic N) is 4. The number of hydrogen-bond acceptors (Lipinski definition) is 7. The lowest BCUT2D eigenvalue weighted by molar-refractivity contribution is -0.137. The van der Waals surface area contributed by atoms with Crippen LogP contribution in [0, 0.1) is 11.8 Å². The Bertz CT molecular complexity index is 1390. The van der Waals surface area contributed by atoms with Gasteiger partial charge in [0.2, 0.25) is 0 Å². The summed E-state index contributed by atoms with van der Waals surface area (Å²) in [6.45, 7) is 1.81. The number of ketones is 1. The number of carbonyl (C=O) groups excluding carboxylic acids is 1. The molecule has 7 nitrogen and oxygen atoms in total. The number of halogens is 4. The molecule has 0 radical (unpaired) electrons. The number of aliphatic hydroxyl groups excluding tert-OH is 1. The van der Waals surface area contributed by atoms with Crippen molar-refractivity contribution in [3.05, 3.63) is 69.6 Å². The van der Waals surface area contributed by atoms with Gasteiger partial charge in [-0.05, 0) is 36.1 Å². The molecule has 11 heteroatoms. The number of fused-ring (bicyclic) bond motifs is 1. The molecule has 1 aliphatic heterocycles. The monoisotopic (exact) mass is 516 g/mol. The molecule has 36 heavy (non-hydrogen) atoms. The van der Waals surface area contributed by atoms with Crippen molar-refractivity contribution in [1.82, 2.24) is 15.1 Å². The van der Waals surface area contributed by atoms with Crippen LogP contribution in [0.25, 0.3) is 0 Å². The minimum Gasteiger partial charge on any atom is -0.396 e. The number of carbonyl (C=O) groups is 1. The Hall–Kier alpha value is -3.55. The summed E-state index contributed by atoms with van der Waals surface area (Å²) in [7, 11) is 0. The lowest BCUT2D eigenvalue weighted by Crippen LogP contribution is -2.09. The van der Waals surface area contributed by atoms with E-state index in [2.05, 4.69) is 32.0 Å². The van der Waals surface area contributed by atoms with E-state index in [0.717, 1.165) is 12.1 Å². The maximum absolute atomic E-state index is 13.0. The van der Waals surface area contributed by atoms with Gasteiger partial charge < -0.3 is 9.63 Å². The Labute approximate surface area is 209 Å². The average molecular weight is 517 g/mol. The van der Waals surface area contributed by atoms with Gasteiger partial charge in [-0.2, -0.15) is 13.2 Å². The molecule has 4 rings (SSSR count). The fourth-order valence-electron chi connectivity index (χ4n) is 3.62. The van der Waals surface area contributed by atoms with E-state index in [-0.39, 0.29) is 47.6 Å².